The summed E-state index contributed by atoms with van der Waals surface area (Å²) >= 11 is 0. The molecular weight excluding hydrogens is 220 g/mol. The van der Waals surface area contributed by atoms with Crippen LogP contribution in [0.3, 0.4) is 0 Å². The molecule has 1 saturated carbocycles. The van der Waals surface area contributed by atoms with Gasteiger partial charge in [0.25, 0.3) is 0 Å². The zero-order chi connectivity index (χ0) is 13.4. The van der Waals surface area contributed by atoms with Crippen molar-refractivity contribution in [3.05, 3.63) is 0 Å². The Morgan fingerprint density at radius 3 is 2.50 bits per heavy atom. The highest BCUT2D eigenvalue weighted by molar-refractivity contribution is 4.99. The van der Waals surface area contributed by atoms with E-state index in [4.69, 9.17) is 0 Å². The fourth-order valence-corrected chi connectivity index (χ4v) is 3.99. The van der Waals surface area contributed by atoms with Gasteiger partial charge in [0, 0.05) is 30.7 Å². The number of rotatable bonds is 2. The summed E-state index contributed by atoms with van der Waals surface area (Å²) in [5.74, 6) is 0. The second kappa shape index (κ2) is 5.13. The molecule has 1 saturated heterocycles. The lowest BCUT2D eigenvalue weighted by molar-refractivity contribution is -0.0206. The largest absolute Gasteiger partial charge is 0.309 e. The molecule has 1 N–H and O–H groups in total. The van der Waals surface area contributed by atoms with Gasteiger partial charge in [-0.15, -0.1) is 0 Å². The molecule has 1 heterocycles. The highest BCUT2D eigenvalue weighted by Gasteiger charge is 2.42. The minimum atomic E-state index is 0.277. The van der Waals surface area contributed by atoms with Gasteiger partial charge in [0.2, 0.25) is 0 Å². The van der Waals surface area contributed by atoms with Crippen molar-refractivity contribution < 1.29 is 0 Å². The first-order valence-corrected chi connectivity index (χ1v) is 7.86. The van der Waals surface area contributed by atoms with Crippen LogP contribution in [0.25, 0.3) is 0 Å². The Balaban J connectivity index is 2.16. The molecule has 2 fully saturated rings. The molecule has 2 aliphatic rings. The second-order valence-electron chi connectivity index (χ2n) is 7.75. The first-order chi connectivity index (χ1) is 8.36. The molecule has 0 spiro atoms. The van der Waals surface area contributed by atoms with Crippen LogP contribution in [0.1, 0.15) is 66.7 Å². The molecule has 2 heteroatoms. The number of nitrogens with zero attached hydrogens (tertiary/aromatic N) is 1. The first-order valence-electron chi connectivity index (χ1n) is 7.86. The fraction of sp³-hybridized carbons (Fsp3) is 1.00. The van der Waals surface area contributed by atoms with E-state index in [0.717, 1.165) is 18.6 Å². The van der Waals surface area contributed by atoms with Crippen molar-refractivity contribution in [1.82, 2.24) is 10.2 Å². The predicted molar refractivity (Wildman–Crippen MR) is 78.9 cm³/mol. The summed E-state index contributed by atoms with van der Waals surface area (Å²) in [5.41, 5.74) is 0.776. The molecule has 0 bridgehead atoms. The molecule has 1 aliphatic carbocycles. The Morgan fingerprint density at radius 2 is 1.89 bits per heavy atom. The van der Waals surface area contributed by atoms with Gasteiger partial charge in [0.1, 0.15) is 0 Å². The topological polar surface area (TPSA) is 15.3 Å². The monoisotopic (exact) mass is 252 g/mol. The highest BCUT2D eigenvalue weighted by atomic mass is 15.3. The molecule has 2 atom stereocenters. The summed E-state index contributed by atoms with van der Waals surface area (Å²) in [6, 6.07) is 1.53. The van der Waals surface area contributed by atoms with Crippen LogP contribution in [0.4, 0.5) is 0 Å². The van der Waals surface area contributed by atoms with Gasteiger partial charge in [0.05, 0.1) is 0 Å². The summed E-state index contributed by atoms with van der Waals surface area (Å²) in [6.45, 7) is 14.4. The van der Waals surface area contributed by atoms with Crippen molar-refractivity contribution in [2.75, 3.05) is 13.1 Å². The lowest BCUT2D eigenvalue weighted by atomic mass is 9.71. The standard InChI is InChI=1S/C16H32N2/c1-6-13-11-17-16(4,5)12-18(13)14-9-7-8-10-15(14,2)3/h13-14,17H,6-12H2,1-5H3. The number of hydrogen-bond acceptors (Lipinski definition) is 2. The Labute approximate surface area is 114 Å². The number of hydrogen-bond donors (Lipinski definition) is 1. The molecule has 0 aromatic heterocycles. The zero-order valence-electron chi connectivity index (χ0n) is 13.1. The van der Waals surface area contributed by atoms with E-state index >= 15 is 0 Å². The molecular formula is C16H32N2. The van der Waals surface area contributed by atoms with E-state index in [2.05, 4.69) is 44.8 Å². The molecule has 18 heavy (non-hydrogen) atoms. The maximum absolute atomic E-state index is 3.71. The zero-order valence-corrected chi connectivity index (χ0v) is 13.1. The molecule has 0 aromatic rings. The van der Waals surface area contributed by atoms with E-state index in [0.29, 0.717) is 5.41 Å². The predicted octanol–water partition coefficient (Wildman–Crippen LogP) is 3.42. The maximum Gasteiger partial charge on any atom is 0.0253 e. The van der Waals surface area contributed by atoms with Gasteiger partial charge in [-0.1, -0.05) is 33.6 Å². The van der Waals surface area contributed by atoms with Crippen LogP contribution in [-0.2, 0) is 0 Å². The van der Waals surface area contributed by atoms with Gasteiger partial charge in [0.15, 0.2) is 0 Å². The van der Waals surface area contributed by atoms with Crippen LogP contribution in [-0.4, -0.2) is 35.6 Å². The smallest absolute Gasteiger partial charge is 0.0253 e. The van der Waals surface area contributed by atoms with E-state index in [-0.39, 0.29) is 5.54 Å². The molecule has 1 aliphatic heterocycles. The minimum Gasteiger partial charge on any atom is -0.309 e. The summed E-state index contributed by atoms with van der Waals surface area (Å²) in [5, 5.41) is 3.71. The quantitative estimate of drug-likeness (QED) is 0.810. The third-order valence-electron chi connectivity index (χ3n) is 5.19. The van der Waals surface area contributed by atoms with Gasteiger partial charge >= 0.3 is 0 Å². The average molecular weight is 252 g/mol. The normalized spacial score (nSPS) is 36.5. The van der Waals surface area contributed by atoms with Crippen LogP contribution >= 0.6 is 0 Å². The van der Waals surface area contributed by atoms with E-state index < -0.39 is 0 Å². The van der Waals surface area contributed by atoms with Crippen molar-refractivity contribution in [2.24, 2.45) is 5.41 Å². The Morgan fingerprint density at radius 1 is 1.17 bits per heavy atom. The van der Waals surface area contributed by atoms with E-state index in [9.17, 15) is 0 Å². The van der Waals surface area contributed by atoms with Crippen molar-refractivity contribution in [2.45, 2.75) is 84.3 Å². The highest BCUT2D eigenvalue weighted by Crippen LogP contribution is 2.40. The second-order valence-corrected chi connectivity index (χ2v) is 7.75. The van der Waals surface area contributed by atoms with E-state index in [1.165, 1.54) is 38.6 Å². The van der Waals surface area contributed by atoms with Crippen LogP contribution in [0.5, 0.6) is 0 Å². The van der Waals surface area contributed by atoms with Crippen molar-refractivity contribution in [1.29, 1.82) is 0 Å². The summed E-state index contributed by atoms with van der Waals surface area (Å²) in [7, 11) is 0. The number of nitrogens with one attached hydrogen (secondary N) is 1. The fourth-order valence-electron chi connectivity index (χ4n) is 3.99. The van der Waals surface area contributed by atoms with Gasteiger partial charge in [-0.2, -0.15) is 0 Å². The third-order valence-corrected chi connectivity index (χ3v) is 5.19. The molecule has 0 aromatic carbocycles. The molecule has 106 valence electrons. The first kappa shape index (κ1) is 14.3. The van der Waals surface area contributed by atoms with E-state index in [1.54, 1.807) is 0 Å². The SMILES string of the molecule is CCC1CNC(C)(C)CN1C1CCCCC1(C)C. The van der Waals surface area contributed by atoms with Crippen LogP contribution in [0.15, 0.2) is 0 Å². The van der Waals surface area contributed by atoms with Crippen LogP contribution in [0, 0.1) is 5.41 Å². The van der Waals surface area contributed by atoms with Gasteiger partial charge in [-0.25, -0.2) is 0 Å². The summed E-state index contributed by atoms with van der Waals surface area (Å²) in [6.07, 6.45) is 6.93. The van der Waals surface area contributed by atoms with Crippen molar-refractivity contribution in [3.8, 4) is 0 Å². The van der Waals surface area contributed by atoms with Crippen molar-refractivity contribution in [3.63, 3.8) is 0 Å². The molecule has 2 unspecified atom stereocenters. The lowest BCUT2D eigenvalue weighted by Gasteiger charge is -2.53. The summed E-state index contributed by atoms with van der Waals surface area (Å²) < 4.78 is 0. The van der Waals surface area contributed by atoms with Crippen LogP contribution in [0.2, 0.25) is 0 Å². The minimum absolute atomic E-state index is 0.277. The molecule has 2 nitrogen and oxygen atoms in total. The van der Waals surface area contributed by atoms with Gasteiger partial charge in [-0.05, 0) is 38.5 Å². The summed E-state index contributed by atoms with van der Waals surface area (Å²) in [4.78, 5) is 2.84. The third kappa shape index (κ3) is 2.91. The van der Waals surface area contributed by atoms with Crippen LogP contribution < -0.4 is 5.32 Å². The van der Waals surface area contributed by atoms with Crippen molar-refractivity contribution >= 4 is 0 Å². The van der Waals surface area contributed by atoms with E-state index in [1.807, 2.05) is 0 Å². The lowest BCUT2D eigenvalue weighted by Crippen LogP contribution is -2.66. The molecule has 0 amide bonds. The number of piperazine rings is 1. The molecule has 0 radical (unpaired) electrons. The van der Waals surface area contributed by atoms with Gasteiger partial charge < -0.3 is 5.32 Å². The maximum atomic E-state index is 3.71. The molecule has 2 rings (SSSR count). The Kier molecular flexibility index (Phi) is 4.08. The van der Waals surface area contributed by atoms with Gasteiger partial charge in [-0.3, -0.25) is 4.90 Å². The Bertz CT molecular complexity index is 283. The Hall–Kier alpha value is -0.0800. The average Bonchev–Trinajstić information content (AvgIpc) is 2.27.